The highest BCUT2D eigenvalue weighted by molar-refractivity contribution is 7.99. The number of benzene rings is 2. The van der Waals surface area contributed by atoms with Crippen LogP contribution in [0.1, 0.15) is 19.2 Å². The van der Waals surface area contributed by atoms with Gasteiger partial charge in [-0.1, -0.05) is 12.1 Å². The highest BCUT2D eigenvalue weighted by Crippen LogP contribution is 2.34. The Labute approximate surface area is 176 Å². The number of para-hydroxylation sites is 1. The van der Waals surface area contributed by atoms with E-state index in [0.717, 1.165) is 42.1 Å². The molecule has 3 aromatic rings. The molecule has 2 heterocycles. The zero-order valence-corrected chi connectivity index (χ0v) is 18.6. The van der Waals surface area contributed by atoms with E-state index in [4.69, 9.17) is 4.98 Å². The summed E-state index contributed by atoms with van der Waals surface area (Å²) in [5.74, 6) is 2.08. The smallest absolute Gasteiger partial charge is 0.242 e. The lowest BCUT2D eigenvalue weighted by Crippen LogP contribution is -2.25. The molecule has 0 aliphatic carbocycles. The van der Waals surface area contributed by atoms with Gasteiger partial charge in [0.1, 0.15) is 5.82 Å². The Morgan fingerprint density at radius 2 is 1.97 bits per heavy atom. The van der Waals surface area contributed by atoms with Crippen LogP contribution in [0.3, 0.4) is 0 Å². The zero-order chi connectivity index (χ0) is 20.6. The summed E-state index contributed by atoms with van der Waals surface area (Å²) < 4.78 is 28.4. The molecule has 1 aliphatic heterocycles. The quantitative estimate of drug-likeness (QED) is 0.616. The number of hydrogen-bond acceptors (Lipinski definition) is 5. The molecule has 8 heteroatoms. The normalized spacial score (nSPS) is 15.0. The Morgan fingerprint density at radius 1 is 1.17 bits per heavy atom. The van der Waals surface area contributed by atoms with E-state index >= 15 is 0 Å². The van der Waals surface area contributed by atoms with Crippen LogP contribution in [0.2, 0.25) is 0 Å². The lowest BCUT2D eigenvalue weighted by molar-refractivity contribution is 0.521. The van der Waals surface area contributed by atoms with Crippen molar-refractivity contribution >= 4 is 38.5 Å². The van der Waals surface area contributed by atoms with Gasteiger partial charge >= 0.3 is 0 Å². The topological polar surface area (TPSA) is 58.4 Å². The van der Waals surface area contributed by atoms with Crippen LogP contribution in [0.25, 0.3) is 11.0 Å². The summed E-state index contributed by atoms with van der Waals surface area (Å²) in [5.41, 5.74) is 2.94. The molecule has 0 unspecified atom stereocenters. The Hall–Kier alpha value is -2.03. The molecule has 4 rings (SSSR count). The number of anilines is 1. The van der Waals surface area contributed by atoms with Gasteiger partial charge in [-0.15, -0.1) is 11.8 Å². The van der Waals surface area contributed by atoms with Gasteiger partial charge in [0.05, 0.1) is 28.2 Å². The van der Waals surface area contributed by atoms with Gasteiger partial charge in [-0.2, -0.15) is 0 Å². The van der Waals surface area contributed by atoms with E-state index < -0.39 is 10.0 Å². The largest absolute Gasteiger partial charge is 0.363 e. The van der Waals surface area contributed by atoms with Crippen LogP contribution in [0.15, 0.2) is 52.3 Å². The fourth-order valence-corrected chi connectivity index (χ4v) is 5.67. The van der Waals surface area contributed by atoms with E-state index in [0.29, 0.717) is 6.54 Å². The van der Waals surface area contributed by atoms with Crippen molar-refractivity contribution in [2.24, 2.45) is 0 Å². The molecule has 2 aromatic carbocycles. The van der Waals surface area contributed by atoms with Crippen LogP contribution in [0.5, 0.6) is 0 Å². The molecule has 154 valence electrons. The number of nitrogens with zero attached hydrogens (tertiary/aromatic N) is 4. The molecule has 0 bridgehead atoms. The van der Waals surface area contributed by atoms with Crippen molar-refractivity contribution in [2.45, 2.75) is 36.2 Å². The fourth-order valence-electron chi connectivity index (χ4n) is 3.74. The predicted molar refractivity (Wildman–Crippen MR) is 119 cm³/mol. The standard InChI is InChI=1S/C21H26N4O2S2/c1-4-25-18-11-10-16(29(26,27)23(2)3)14-17(18)22-21(25)15-24-12-7-13-28-20-9-6-5-8-19(20)24/h5-6,8-11,14H,4,7,12-13,15H2,1-3H3. The minimum Gasteiger partial charge on any atom is -0.363 e. The minimum absolute atomic E-state index is 0.277. The predicted octanol–water partition coefficient (Wildman–Crippen LogP) is 3.81. The van der Waals surface area contributed by atoms with Gasteiger partial charge in [-0.25, -0.2) is 17.7 Å². The number of thioether (sulfide) groups is 1. The molecule has 6 nitrogen and oxygen atoms in total. The molecular weight excluding hydrogens is 404 g/mol. The van der Waals surface area contributed by atoms with Crippen molar-refractivity contribution in [3.8, 4) is 0 Å². The van der Waals surface area contributed by atoms with E-state index in [2.05, 4.69) is 40.7 Å². The molecule has 0 radical (unpaired) electrons. The maximum absolute atomic E-state index is 12.5. The molecule has 0 spiro atoms. The third-order valence-corrected chi connectivity index (χ3v) is 8.22. The number of fused-ring (bicyclic) bond motifs is 2. The monoisotopic (exact) mass is 430 g/mol. The average Bonchev–Trinajstić information content (AvgIpc) is 2.93. The Bertz CT molecular complexity index is 1140. The first-order chi connectivity index (χ1) is 13.9. The molecule has 1 aliphatic rings. The van der Waals surface area contributed by atoms with Gasteiger partial charge in [0.15, 0.2) is 0 Å². The number of sulfonamides is 1. The number of imidazole rings is 1. The summed E-state index contributed by atoms with van der Waals surface area (Å²) in [5, 5.41) is 0. The molecule has 29 heavy (non-hydrogen) atoms. The van der Waals surface area contributed by atoms with Crippen LogP contribution < -0.4 is 4.90 Å². The van der Waals surface area contributed by atoms with E-state index in [9.17, 15) is 8.42 Å². The first-order valence-electron chi connectivity index (χ1n) is 9.80. The average molecular weight is 431 g/mol. The zero-order valence-electron chi connectivity index (χ0n) is 17.0. The van der Waals surface area contributed by atoms with Crippen LogP contribution in [0.4, 0.5) is 5.69 Å². The third kappa shape index (κ3) is 3.76. The van der Waals surface area contributed by atoms with Crippen LogP contribution in [-0.2, 0) is 23.1 Å². The molecule has 0 saturated carbocycles. The van der Waals surface area contributed by atoms with Crippen molar-refractivity contribution in [2.75, 3.05) is 31.3 Å². The lowest BCUT2D eigenvalue weighted by Gasteiger charge is -2.24. The number of rotatable bonds is 5. The van der Waals surface area contributed by atoms with Crippen molar-refractivity contribution in [3.63, 3.8) is 0 Å². The van der Waals surface area contributed by atoms with Crippen molar-refractivity contribution < 1.29 is 8.42 Å². The fraction of sp³-hybridized carbons (Fsp3) is 0.381. The second kappa shape index (κ2) is 8.01. The van der Waals surface area contributed by atoms with Gasteiger partial charge in [0, 0.05) is 32.1 Å². The summed E-state index contributed by atoms with van der Waals surface area (Å²) in [7, 11) is -0.388. The Morgan fingerprint density at radius 3 is 2.72 bits per heavy atom. The molecular formula is C21H26N4O2S2. The maximum Gasteiger partial charge on any atom is 0.242 e. The SMILES string of the molecule is CCn1c(CN2CCCSc3ccccc32)nc2cc(S(=O)(=O)N(C)C)ccc21. The second-order valence-electron chi connectivity index (χ2n) is 7.30. The number of aromatic nitrogens is 2. The van der Waals surface area contributed by atoms with E-state index in [1.807, 2.05) is 17.8 Å². The first kappa shape index (κ1) is 20.3. The summed E-state index contributed by atoms with van der Waals surface area (Å²) >= 11 is 1.91. The van der Waals surface area contributed by atoms with Gasteiger partial charge in [0.2, 0.25) is 10.0 Å². The van der Waals surface area contributed by atoms with Gasteiger partial charge in [0.25, 0.3) is 0 Å². The molecule has 0 fully saturated rings. The summed E-state index contributed by atoms with van der Waals surface area (Å²) in [6.07, 6.45) is 1.12. The van der Waals surface area contributed by atoms with Gasteiger partial charge < -0.3 is 9.47 Å². The van der Waals surface area contributed by atoms with Crippen molar-refractivity contribution in [1.29, 1.82) is 0 Å². The molecule has 1 aromatic heterocycles. The van der Waals surface area contributed by atoms with E-state index in [1.54, 1.807) is 26.2 Å². The first-order valence-corrected chi connectivity index (χ1v) is 12.2. The summed E-state index contributed by atoms with van der Waals surface area (Å²) in [6, 6.07) is 13.8. The lowest BCUT2D eigenvalue weighted by atomic mass is 10.2. The summed E-state index contributed by atoms with van der Waals surface area (Å²) in [4.78, 5) is 8.82. The Kier molecular flexibility index (Phi) is 5.59. The number of aryl methyl sites for hydroxylation is 1. The van der Waals surface area contributed by atoms with Crippen molar-refractivity contribution in [1.82, 2.24) is 13.9 Å². The van der Waals surface area contributed by atoms with Crippen LogP contribution in [-0.4, -0.2) is 48.7 Å². The van der Waals surface area contributed by atoms with Gasteiger partial charge in [-0.05, 0) is 49.4 Å². The summed E-state index contributed by atoms with van der Waals surface area (Å²) in [6.45, 7) is 4.57. The van der Waals surface area contributed by atoms with E-state index in [1.165, 1.54) is 14.9 Å². The highest BCUT2D eigenvalue weighted by atomic mass is 32.2. The minimum atomic E-state index is -3.48. The maximum atomic E-state index is 12.5. The van der Waals surface area contributed by atoms with Gasteiger partial charge in [-0.3, -0.25) is 0 Å². The Balaban J connectivity index is 1.75. The van der Waals surface area contributed by atoms with E-state index in [-0.39, 0.29) is 4.90 Å². The molecule has 0 saturated heterocycles. The van der Waals surface area contributed by atoms with Crippen LogP contribution in [0, 0.1) is 0 Å². The molecule has 0 N–H and O–H groups in total. The second-order valence-corrected chi connectivity index (χ2v) is 10.6. The van der Waals surface area contributed by atoms with Crippen LogP contribution >= 0.6 is 11.8 Å². The number of hydrogen-bond donors (Lipinski definition) is 0. The highest BCUT2D eigenvalue weighted by Gasteiger charge is 2.21. The van der Waals surface area contributed by atoms with Crippen molar-refractivity contribution in [3.05, 3.63) is 48.3 Å². The molecule has 0 amide bonds. The molecule has 0 atom stereocenters. The third-order valence-electron chi connectivity index (χ3n) is 5.26.